The maximum absolute atomic E-state index is 11.5. The first-order valence-corrected chi connectivity index (χ1v) is 9.54. The van der Waals surface area contributed by atoms with Crippen molar-refractivity contribution in [3.63, 3.8) is 0 Å². The zero-order valence-corrected chi connectivity index (χ0v) is 16.9. The molecular formula is C20H28N6O2. The molecule has 8 nitrogen and oxygen atoms in total. The lowest BCUT2D eigenvalue weighted by molar-refractivity contribution is -0.119. The fourth-order valence-electron chi connectivity index (χ4n) is 3.40. The molecule has 3 aromatic rings. The molecule has 150 valence electrons. The first-order chi connectivity index (χ1) is 13.2. The molecular weight excluding hydrogens is 356 g/mol. The molecule has 1 aliphatic rings. The molecule has 0 bridgehead atoms. The summed E-state index contributed by atoms with van der Waals surface area (Å²) in [4.78, 5) is 16.3. The molecule has 0 aromatic carbocycles. The number of aryl methyl sites for hydroxylation is 1. The quantitative estimate of drug-likeness (QED) is 0.747. The monoisotopic (exact) mass is 384 g/mol. The number of amides is 1. The highest BCUT2D eigenvalue weighted by Gasteiger charge is 2.29. The van der Waals surface area contributed by atoms with Gasteiger partial charge in [-0.15, -0.1) is 0 Å². The van der Waals surface area contributed by atoms with Crippen molar-refractivity contribution in [3.05, 3.63) is 24.7 Å². The van der Waals surface area contributed by atoms with Crippen molar-refractivity contribution >= 4 is 16.8 Å². The van der Waals surface area contributed by atoms with Gasteiger partial charge >= 0.3 is 0 Å². The van der Waals surface area contributed by atoms with Crippen LogP contribution in [0.1, 0.15) is 35.5 Å². The molecule has 1 amide bonds. The first-order valence-electron chi connectivity index (χ1n) is 9.54. The second kappa shape index (κ2) is 6.61. The third kappa shape index (κ3) is 3.46. The third-order valence-electron chi connectivity index (χ3n) is 5.12. The molecule has 1 aliphatic heterocycles. The van der Waals surface area contributed by atoms with Crippen molar-refractivity contribution in [2.45, 2.75) is 45.8 Å². The van der Waals surface area contributed by atoms with Crippen molar-refractivity contribution in [2.24, 2.45) is 13.0 Å². The molecule has 0 unspecified atom stereocenters. The number of nitrogens with one attached hydrogen (secondary N) is 1. The SMILES string of the molecule is C[C@@H](Oc1nc(-c2cnn(C(C)(C)C)c2)cc2nn(C)cc12)[C@H]1CNC(=O)C1.[HH]. The van der Waals surface area contributed by atoms with Crippen LogP contribution in [0, 0.1) is 5.92 Å². The smallest absolute Gasteiger partial charge is 0.225 e. The fraction of sp³-hybridized carbons (Fsp3) is 0.500. The van der Waals surface area contributed by atoms with Gasteiger partial charge in [0.1, 0.15) is 6.10 Å². The molecule has 28 heavy (non-hydrogen) atoms. The Morgan fingerprint density at radius 2 is 2.14 bits per heavy atom. The highest BCUT2D eigenvalue weighted by Crippen LogP contribution is 2.31. The predicted molar refractivity (Wildman–Crippen MR) is 108 cm³/mol. The summed E-state index contributed by atoms with van der Waals surface area (Å²) in [6.07, 6.45) is 6.06. The molecule has 2 atom stereocenters. The van der Waals surface area contributed by atoms with Crippen LogP contribution >= 0.6 is 0 Å². The Hall–Kier alpha value is -2.90. The molecule has 3 aromatic heterocycles. The summed E-state index contributed by atoms with van der Waals surface area (Å²) in [5.41, 5.74) is 2.39. The number of carbonyl (C=O) groups is 1. The van der Waals surface area contributed by atoms with Gasteiger partial charge in [-0.2, -0.15) is 10.2 Å². The summed E-state index contributed by atoms with van der Waals surface area (Å²) in [5, 5.41) is 12.7. The van der Waals surface area contributed by atoms with Gasteiger partial charge < -0.3 is 10.1 Å². The third-order valence-corrected chi connectivity index (χ3v) is 5.12. The summed E-state index contributed by atoms with van der Waals surface area (Å²) in [6, 6.07) is 1.96. The number of hydrogen-bond acceptors (Lipinski definition) is 5. The van der Waals surface area contributed by atoms with Gasteiger partial charge in [-0.25, -0.2) is 4.98 Å². The minimum atomic E-state index is -0.137. The molecule has 0 saturated carbocycles. The molecule has 4 heterocycles. The normalized spacial score (nSPS) is 18.5. The number of fused-ring (bicyclic) bond motifs is 1. The Labute approximate surface area is 165 Å². The summed E-state index contributed by atoms with van der Waals surface area (Å²) in [5.74, 6) is 0.743. The van der Waals surface area contributed by atoms with E-state index in [0.717, 1.165) is 22.2 Å². The van der Waals surface area contributed by atoms with Crippen LogP contribution in [0.15, 0.2) is 24.7 Å². The number of carbonyl (C=O) groups excluding carboxylic acids is 1. The van der Waals surface area contributed by atoms with Gasteiger partial charge in [0, 0.05) is 45.3 Å². The minimum Gasteiger partial charge on any atom is -0.474 e. The largest absolute Gasteiger partial charge is 0.474 e. The Morgan fingerprint density at radius 1 is 1.36 bits per heavy atom. The number of rotatable bonds is 4. The molecule has 1 saturated heterocycles. The maximum Gasteiger partial charge on any atom is 0.225 e. The average molecular weight is 384 g/mol. The molecule has 0 aliphatic carbocycles. The van der Waals surface area contributed by atoms with Gasteiger partial charge in [-0.05, 0) is 33.8 Å². The molecule has 0 radical (unpaired) electrons. The molecule has 8 heteroatoms. The number of aromatic nitrogens is 5. The standard InChI is InChI=1S/C20H26N6O2.H2/c1-12(13-6-18(27)21-8-13)28-19-15-11-25(5)24-17(15)7-16(23-19)14-9-22-26(10-14)20(2,3)4;/h7,9-13H,6,8H2,1-5H3,(H,21,27);1H/t12-,13-;/m1./s1. The van der Waals surface area contributed by atoms with Crippen LogP contribution in [0.4, 0.5) is 0 Å². The number of pyridine rings is 1. The Kier molecular flexibility index (Phi) is 4.36. The van der Waals surface area contributed by atoms with Crippen LogP contribution in [0.25, 0.3) is 22.2 Å². The molecule has 4 rings (SSSR count). The van der Waals surface area contributed by atoms with E-state index in [1.54, 1.807) is 4.68 Å². The van der Waals surface area contributed by atoms with Gasteiger partial charge in [0.2, 0.25) is 11.8 Å². The van der Waals surface area contributed by atoms with E-state index in [2.05, 4.69) is 36.3 Å². The van der Waals surface area contributed by atoms with Crippen molar-refractivity contribution in [1.29, 1.82) is 0 Å². The molecule has 0 spiro atoms. The Balaban J connectivity index is 0.00000240. The van der Waals surface area contributed by atoms with Crippen LogP contribution in [-0.2, 0) is 17.4 Å². The van der Waals surface area contributed by atoms with E-state index in [-0.39, 0.29) is 24.9 Å². The summed E-state index contributed by atoms with van der Waals surface area (Å²) in [7, 11) is 1.88. The lowest BCUT2D eigenvalue weighted by atomic mass is 10.0. The second-order valence-corrected chi connectivity index (χ2v) is 8.48. The van der Waals surface area contributed by atoms with E-state index < -0.39 is 0 Å². The molecule has 1 N–H and O–H groups in total. The van der Waals surface area contributed by atoms with Crippen molar-refractivity contribution in [3.8, 4) is 17.1 Å². The summed E-state index contributed by atoms with van der Waals surface area (Å²) < 4.78 is 9.90. The average Bonchev–Trinajstić information content (AvgIpc) is 3.32. The molecule has 1 fully saturated rings. The zero-order valence-electron chi connectivity index (χ0n) is 16.9. The first kappa shape index (κ1) is 18.5. The van der Waals surface area contributed by atoms with E-state index in [1.165, 1.54) is 0 Å². The van der Waals surface area contributed by atoms with Crippen LogP contribution in [0.5, 0.6) is 5.88 Å². The zero-order chi connectivity index (χ0) is 20.1. The van der Waals surface area contributed by atoms with E-state index in [0.29, 0.717) is 18.8 Å². The maximum atomic E-state index is 11.5. The topological polar surface area (TPSA) is 86.9 Å². The second-order valence-electron chi connectivity index (χ2n) is 8.48. The minimum absolute atomic E-state index is 0. The Bertz CT molecular complexity index is 1040. The van der Waals surface area contributed by atoms with Gasteiger partial charge in [0.15, 0.2) is 0 Å². The van der Waals surface area contributed by atoms with Gasteiger partial charge in [0.05, 0.1) is 28.3 Å². The van der Waals surface area contributed by atoms with Crippen LogP contribution in [0.3, 0.4) is 0 Å². The van der Waals surface area contributed by atoms with Gasteiger partial charge in [-0.1, -0.05) is 0 Å². The highest BCUT2D eigenvalue weighted by atomic mass is 16.5. The lowest BCUT2D eigenvalue weighted by Gasteiger charge is -2.19. The lowest BCUT2D eigenvalue weighted by Crippen LogP contribution is -2.26. The van der Waals surface area contributed by atoms with Crippen molar-refractivity contribution in [1.82, 2.24) is 29.9 Å². The predicted octanol–water partition coefficient (Wildman–Crippen LogP) is 2.74. The fourth-order valence-corrected chi connectivity index (χ4v) is 3.40. The van der Waals surface area contributed by atoms with Gasteiger partial charge in [0.25, 0.3) is 0 Å². The highest BCUT2D eigenvalue weighted by molar-refractivity contribution is 5.86. The number of ether oxygens (including phenoxy) is 1. The summed E-state index contributed by atoms with van der Waals surface area (Å²) >= 11 is 0. The van der Waals surface area contributed by atoms with Crippen molar-refractivity contribution < 1.29 is 11.0 Å². The van der Waals surface area contributed by atoms with E-state index >= 15 is 0 Å². The van der Waals surface area contributed by atoms with E-state index in [1.807, 2.05) is 43.3 Å². The van der Waals surface area contributed by atoms with Gasteiger partial charge in [-0.3, -0.25) is 14.2 Å². The van der Waals surface area contributed by atoms with Crippen LogP contribution in [0.2, 0.25) is 0 Å². The van der Waals surface area contributed by atoms with Crippen LogP contribution < -0.4 is 10.1 Å². The number of hydrogen-bond donors (Lipinski definition) is 1. The Morgan fingerprint density at radius 3 is 2.79 bits per heavy atom. The van der Waals surface area contributed by atoms with E-state index in [9.17, 15) is 4.79 Å². The van der Waals surface area contributed by atoms with Crippen molar-refractivity contribution in [2.75, 3.05) is 6.54 Å². The van der Waals surface area contributed by atoms with E-state index in [4.69, 9.17) is 9.72 Å². The summed E-state index contributed by atoms with van der Waals surface area (Å²) in [6.45, 7) is 8.93. The number of nitrogens with zero attached hydrogens (tertiary/aromatic N) is 5. The van der Waals surface area contributed by atoms with Crippen LogP contribution in [-0.4, -0.2) is 43.1 Å².